The molecule has 0 aliphatic carbocycles. The number of aryl methyl sites for hydroxylation is 1. The average molecular weight is 241 g/mol. The monoisotopic (exact) mass is 240 g/mol. The lowest BCUT2D eigenvalue weighted by molar-refractivity contribution is -0.117. The van der Waals surface area contributed by atoms with Crippen molar-refractivity contribution in [3.05, 3.63) is 21.8 Å². The topological polar surface area (TPSA) is 80.6 Å². The number of Topliss-reactive ketones (excluding diaryl/α,β-unsaturated/α-hetero) is 1. The second-order valence-corrected chi connectivity index (χ2v) is 3.79. The van der Waals surface area contributed by atoms with Gasteiger partial charge in [0.2, 0.25) is 5.28 Å². The first-order valence-electron chi connectivity index (χ1n) is 4.68. The maximum Gasteiger partial charge on any atom is 0.280 e. The van der Waals surface area contributed by atoms with Crippen LogP contribution in [0.2, 0.25) is 5.28 Å². The third-order valence-electron chi connectivity index (χ3n) is 2.09. The first kappa shape index (κ1) is 10.8. The van der Waals surface area contributed by atoms with E-state index in [4.69, 9.17) is 11.6 Å². The van der Waals surface area contributed by atoms with E-state index in [2.05, 4.69) is 15.1 Å². The van der Waals surface area contributed by atoms with E-state index in [1.54, 1.807) is 6.20 Å². The molecule has 2 aromatic heterocycles. The van der Waals surface area contributed by atoms with Gasteiger partial charge in [-0.1, -0.05) is 0 Å². The fraction of sp³-hybridized carbons (Fsp3) is 0.333. The molecule has 1 N–H and O–H groups in total. The zero-order valence-electron chi connectivity index (χ0n) is 8.53. The third-order valence-corrected chi connectivity index (χ3v) is 2.26. The normalized spacial score (nSPS) is 10.9. The molecule has 0 saturated carbocycles. The second kappa shape index (κ2) is 4.05. The molecule has 0 bridgehead atoms. The fourth-order valence-corrected chi connectivity index (χ4v) is 1.50. The molecule has 0 saturated heterocycles. The summed E-state index contributed by atoms with van der Waals surface area (Å²) in [6, 6.07) is 0. The number of aromatic nitrogens is 4. The quantitative estimate of drug-likeness (QED) is 0.803. The zero-order chi connectivity index (χ0) is 11.7. The van der Waals surface area contributed by atoms with E-state index >= 15 is 0 Å². The summed E-state index contributed by atoms with van der Waals surface area (Å²) in [4.78, 5) is 28.5. The maximum absolute atomic E-state index is 11.4. The highest BCUT2D eigenvalue weighted by molar-refractivity contribution is 6.28. The average Bonchev–Trinajstić information content (AvgIpc) is 2.57. The zero-order valence-corrected chi connectivity index (χ0v) is 9.28. The number of hydrogen-bond donors (Lipinski definition) is 1. The lowest BCUT2D eigenvalue weighted by Gasteiger charge is -1.95. The summed E-state index contributed by atoms with van der Waals surface area (Å²) in [6.45, 7) is 1.94. The summed E-state index contributed by atoms with van der Waals surface area (Å²) in [5.41, 5.74) is 0.279. The Morgan fingerprint density at radius 2 is 2.38 bits per heavy atom. The standard InChI is InChI=1S/C9H9ClN4O2/c1-5(15)2-3-14-4-6-7(13-14)8(16)12-9(10)11-6/h4H,2-3H2,1H3,(H,11,12,16). The number of nitrogens with zero attached hydrogens (tertiary/aromatic N) is 3. The van der Waals surface area contributed by atoms with Gasteiger partial charge in [0.1, 0.15) is 11.3 Å². The molecule has 0 aromatic carbocycles. The van der Waals surface area contributed by atoms with E-state index in [0.717, 1.165) is 0 Å². The molecule has 0 atom stereocenters. The summed E-state index contributed by atoms with van der Waals surface area (Å²) in [7, 11) is 0. The summed E-state index contributed by atoms with van der Waals surface area (Å²) in [6.07, 6.45) is 1.97. The number of H-pyrrole nitrogens is 1. The summed E-state index contributed by atoms with van der Waals surface area (Å²) >= 11 is 5.60. The van der Waals surface area contributed by atoms with Crippen molar-refractivity contribution >= 4 is 28.4 Å². The Morgan fingerprint density at radius 3 is 3.06 bits per heavy atom. The molecule has 7 heteroatoms. The van der Waals surface area contributed by atoms with Crippen molar-refractivity contribution < 1.29 is 4.79 Å². The van der Waals surface area contributed by atoms with Crippen molar-refractivity contribution in [1.29, 1.82) is 0 Å². The summed E-state index contributed by atoms with van der Waals surface area (Å²) in [5.74, 6) is 0.0689. The molecule has 2 heterocycles. The summed E-state index contributed by atoms with van der Waals surface area (Å²) < 4.78 is 1.52. The molecule has 0 fully saturated rings. The Labute approximate surface area is 95.2 Å². The molecule has 16 heavy (non-hydrogen) atoms. The van der Waals surface area contributed by atoms with Crippen LogP contribution in [0.15, 0.2) is 11.0 Å². The van der Waals surface area contributed by atoms with E-state index in [1.807, 2.05) is 0 Å². The molecule has 0 aliphatic heterocycles. The van der Waals surface area contributed by atoms with Crippen molar-refractivity contribution in [3.8, 4) is 0 Å². The number of ketones is 1. The lowest BCUT2D eigenvalue weighted by atomic mass is 10.3. The largest absolute Gasteiger partial charge is 0.300 e. The fourth-order valence-electron chi connectivity index (χ4n) is 1.33. The van der Waals surface area contributed by atoms with Gasteiger partial charge in [-0.25, -0.2) is 4.98 Å². The van der Waals surface area contributed by atoms with Gasteiger partial charge in [0, 0.05) is 13.0 Å². The number of fused-ring (bicyclic) bond motifs is 1. The molecule has 6 nitrogen and oxygen atoms in total. The Morgan fingerprint density at radius 1 is 1.62 bits per heavy atom. The Hall–Kier alpha value is -1.69. The summed E-state index contributed by atoms with van der Waals surface area (Å²) in [5, 5.41) is 4.06. The first-order chi connectivity index (χ1) is 7.56. The molecule has 0 amide bonds. The highest BCUT2D eigenvalue weighted by atomic mass is 35.5. The van der Waals surface area contributed by atoms with Crippen LogP contribution in [-0.2, 0) is 11.3 Å². The minimum atomic E-state index is -0.378. The number of halogens is 1. The molecular formula is C9H9ClN4O2. The molecule has 2 rings (SSSR count). The third kappa shape index (κ3) is 2.11. The van der Waals surface area contributed by atoms with Gasteiger partial charge in [0.25, 0.3) is 5.56 Å². The van der Waals surface area contributed by atoms with Crippen LogP contribution in [0.25, 0.3) is 11.0 Å². The van der Waals surface area contributed by atoms with Crippen molar-refractivity contribution in [3.63, 3.8) is 0 Å². The highest BCUT2D eigenvalue weighted by Gasteiger charge is 2.07. The Kier molecular flexibility index (Phi) is 2.74. The number of aromatic amines is 1. The predicted molar refractivity (Wildman–Crippen MR) is 58.5 cm³/mol. The highest BCUT2D eigenvalue weighted by Crippen LogP contribution is 2.07. The van der Waals surface area contributed by atoms with E-state index in [1.165, 1.54) is 11.6 Å². The van der Waals surface area contributed by atoms with E-state index in [-0.39, 0.29) is 22.1 Å². The molecule has 0 unspecified atom stereocenters. The van der Waals surface area contributed by atoms with E-state index < -0.39 is 0 Å². The van der Waals surface area contributed by atoms with Gasteiger partial charge < -0.3 is 0 Å². The van der Waals surface area contributed by atoms with Crippen LogP contribution in [0.5, 0.6) is 0 Å². The minimum Gasteiger partial charge on any atom is -0.300 e. The molecule has 2 aromatic rings. The van der Waals surface area contributed by atoms with Crippen LogP contribution in [-0.4, -0.2) is 25.5 Å². The maximum atomic E-state index is 11.4. The van der Waals surface area contributed by atoms with Crippen molar-refractivity contribution in [2.24, 2.45) is 0 Å². The van der Waals surface area contributed by atoms with Gasteiger partial charge in [-0.05, 0) is 18.5 Å². The number of carbonyl (C=O) groups is 1. The van der Waals surface area contributed by atoms with Gasteiger partial charge in [-0.15, -0.1) is 0 Å². The molecule has 84 valence electrons. The Balaban J connectivity index is 2.40. The van der Waals surface area contributed by atoms with Crippen LogP contribution in [0.1, 0.15) is 13.3 Å². The van der Waals surface area contributed by atoms with Gasteiger partial charge in [0.15, 0.2) is 5.52 Å². The van der Waals surface area contributed by atoms with Crippen LogP contribution in [0.3, 0.4) is 0 Å². The van der Waals surface area contributed by atoms with Crippen LogP contribution < -0.4 is 5.56 Å². The first-order valence-corrected chi connectivity index (χ1v) is 5.06. The van der Waals surface area contributed by atoms with Gasteiger partial charge in [0.05, 0.1) is 6.20 Å². The number of hydrogen-bond acceptors (Lipinski definition) is 4. The van der Waals surface area contributed by atoms with Crippen molar-refractivity contribution in [2.75, 3.05) is 0 Å². The predicted octanol–water partition coefficient (Wildman–Crippen LogP) is 0.752. The van der Waals surface area contributed by atoms with Crippen molar-refractivity contribution in [2.45, 2.75) is 19.9 Å². The molecule has 0 aliphatic rings. The van der Waals surface area contributed by atoms with Crippen LogP contribution in [0.4, 0.5) is 0 Å². The molecular weight excluding hydrogens is 232 g/mol. The number of rotatable bonds is 3. The SMILES string of the molecule is CC(=O)CCn1cc2nc(Cl)[nH]c(=O)c2n1. The second-order valence-electron chi connectivity index (χ2n) is 3.43. The van der Waals surface area contributed by atoms with Crippen molar-refractivity contribution in [1.82, 2.24) is 19.7 Å². The number of carbonyl (C=O) groups excluding carboxylic acids is 1. The number of nitrogens with one attached hydrogen (secondary N) is 1. The molecule has 0 spiro atoms. The Bertz CT molecular complexity index is 601. The minimum absolute atomic E-state index is 0.0311. The van der Waals surface area contributed by atoms with Gasteiger partial charge in [-0.3, -0.25) is 19.3 Å². The lowest BCUT2D eigenvalue weighted by Crippen LogP contribution is -2.08. The van der Waals surface area contributed by atoms with Gasteiger partial charge >= 0.3 is 0 Å². The van der Waals surface area contributed by atoms with E-state index in [9.17, 15) is 9.59 Å². The van der Waals surface area contributed by atoms with Gasteiger partial charge in [-0.2, -0.15) is 5.10 Å². The smallest absolute Gasteiger partial charge is 0.280 e. The van der Waals surface area contributed by atoms with E-state index in [0.29, 0.717) is 18.5 Å². The van der Waals surface area contributed by atoms with Crippen LogP contribution in [0, 0.1) is 0 Å². The van der Waals surface area contributed by atoms with Crippen LogP contribution >= 0.6 is 11.6 Å². The molecule has 0 radical (unpaired) electrons.